The Balaban J connectivity index is 2.59. The summed E-state index contributed by atoms with van der Waals surface area (Å²) < 4.78 is 11.0. The van der Waals surface area contributed by atoms with Gasteiger partial charge >= 0.3 is 0 Å². The molecule has 12 heavy (non-hydrogen) atoms. The minimum Gasteiger partial charge on any atom is -0.247 e. The standard InChI is InChI=1S/C8H6N2OS/c11-12-5-9-7-3-1-2-4-8(7)10-6-12/h1-6H. The van der Waals surface area contributed by atoms with Crippen LogP contribution in [0.2, 0.25) is 0 Å². The molecule has 1 aromatic carbocycles. The maximum Gasteiger partial charge on any atom is 0.107 e. The van der Waals surface area contributed by atoms with Gasteiger partial charge in [-0.2, -0.15) is 0 Å². The second kappa shape index (κ2) is 2.98. The van der Waals surface area contributed by atoms with Crippen LogP contribution in [0.1, 0.15) is 0 Å². The number of hydrogen-bond acceptors (Lipinski definition) is 3. The van der Waals surface area contributed by atoms with Gasteiger partial charge in [0.05, 0.1) is 22.5 Å². The molecule has 0 bridgehead atoms. The number of fused-ring (bicyclic) bond motifs is 1. The molecule has 1 heterocycles. The van der Waals surface area contributed by atoms with Gasteiger partial charge in [0.1, 0.15) is 10.8 Å². The van der Waals surface area contributed by atoms with E-state index in [0.29, 0.717) is 0 Å². The Labute approximate surface area is 72.3 Å². The Morgan fingerprint density at radius 3 is 2.00 bits per heavy atom. The molecule has 0 saturated carbocycles. The van der Waals surface area contributed by atoms with E-state index in [1.165, 1.54) is 11.1 Å². The topological polar surface area (TPSA) is 41.8 Å². The van der Waals surface area contributed by atoms with Crippen molar-refractivity contribution in [3.05, 3.63) is 24.3 Å². The van der Waals surface area contributed by atoms with Gasteiger partial charge < -0.3 is 0 Å². The van der Waals surface area contributed by atoms with Gasteiger partial charge in [-0.3, -0.25) is 0 Å². The molecule has 0 N–H and O–H groups in total. The van der Waals surface area contributed by atoms with Crippen molar-refractivity contribution in [1.82, 2.24) is 0 Å². The van der Waals surface area contributed by atoms with Crippen LogP contribution in [0.5, 0.6) is 0 Å². The van der Waals surface area contributed by atoms with E-state index in [4.69, 9.17) is 0 Å². The summed E-state index contributed by atoms with van der Waals surface area (Å²) in [6, 6.07) is 7.43. The number of rotatable bonds is 0. The summed E-state index contributed by atoms with van der Waals surface area (Å²) in [6.07, 6.45) is 0. The molecule has 1 aromatic rings. The Morgan fingerprint density at radius 1 is 1.00 bits per heavy atom. The van der Waals surface area contributed by atoms with E-state index in [-0.39, 0.29) is 0 Å². The quantitative estimate of drug-likeness (QED) is 0.597. The van der Waals surface area contributed by atoms with Crippen LogP contribution in [-0.2, 0) is 10.8 Å². The lowest BCUT2D eigenvalue weighted by molar-refractivity contribution is 0.696. The van der Waals surface area contributed by atoms with Crippen molar-refractivity contribution in [2.24, 2.45) is 9.98 Å². The smallest absolute Gasteiger partial charge is 0.107 e. The molecule has 2 rings (SSSR count). The first kappa shape index (κ1) is 7.36. The van der Waals surface area contributed by atoms with Crippen LogP contribution in [0.3, 0.4) is 0 Å². The predicted octanol–water partition coefficient (Wildman–Crippen LogP) is 1.77. The third-order valence-electron chi connectivity index (χ3n) is 1.47. The predicted molar refractivity (Wildman–Crippen MR) is 50.9 cm³/mol. The lowest BCUT2D eigenvalue weighted by atomic mass is 10.3. The van der Waals surface area contributed by atoms with Gasteiger partial charge in [0.25, 0.3) is 0 Å². The highest BCUT2D eigenvalue weighted by Gasteiger charge is 2.01. The van der Waals surface area contributed by atoms with E-state index in [1.54, 1.807) is 0 Å². The van der Waals surface area contributed by atoms with Gasteiger partial charge in [-0.15, -0.1) is 0 Å². The number of aliphatic imine (C=N–C) groups is 2. The van der Waals surface area contributed by atoms with Crippen molar-refractivity contribution < 1.29 is 4.21 Å². The lowest BCUT2D eigenvalue weighted by Crippen LogP contribution is -1.87. The Kier molecular flexibility index (Phi) is 1.83. The third-order valence-corrected chi connectivity index (χ3v) is 2.10. The fourth-order valence-corrected chi connectivity index (χ4v) is 1.42. The summed E-state index contributed by atoms with van der Waals surface area (Å²) in [5.74, 6) is 0. The summed E-state index contributed by atoms with van der Waals surface area (Å²) in [4.78, 5) is 8.04. The van der Waals surface area contributed by atoms with Crippen molar-refractivity contribution in [1.29, 1.82) is 0 Å². The second-order valence-corrected chi connectivity index (χ2v) is 3.36. The van der Waals surface area contributed by atoms with Gasteiger partial charge in [0, 0.05) is 0 Å². The fourth-order valence-electron chi connectivity index (χ4n) is 0.927. The highest BCUT2D eigenvalue weighted by molar-refractivity contribution is 8.10. The van der Waals surface area contributed by atoms with Crippen molar-refractivity contribution in [2.45, 2.75) is 0 Å². The summed E-state index contributed by atoms with van der Waals surface area (Å²) >= 11 is 0. The number of hydrogen-bond donors (Lipinski definition) is 0. The van der Waals surface area contributed by atoms with Crippen LogP contribution in [0.4, 0.5) is 11.4 Å². The summed E-state index contributed by atoms with van der Waals surface area (Å²) in [5, 5.41) is 0. The van der Waals surface area contributed by atoms with Crippen molar-refractivity contribution >= 4 is 33.3 Å². The molecule has 60 valence electrons. The van der Waals surface area contributed by atoms with Crippen LogP contribution in [-0.4, -0.2) is 15.3 Å². The van der Waals surface area contributed by atoms with Crippen molar-refractivity contribution in [2.75, 3.05) is 0 Å². The highest BCUT2D eigenvalue weighted by Crippen LogP contribution is 2.27. The van der Waals surface area contributed by atoms with Crippen LogP contribution >= 0.6 is 0 Å². The fraction of sp³-hybridized carbons (Fsp3) is 0. The van der Waals surface area contributed by atoms with E-state index < -0.39 is 10.8 Å². The molecule has 0 aliphatic carbocycles. The number of nitrogens with zero attached hydrogens (tertiary/aromatic N) is 2. The van der Waals surface area contributed by atoms with Crippen molar-refractivity contribution in [3.63, 3.8) is 0 Å². The molecular weight excluding hydrogens is 172 g/mol. The highest BCUT2D eigenvalue weighted by atomic mass is 32.2. The van der Waals surface area contributed by atoms with Gasteiger partial charge in [0.2, 0.25) is 0 Å². The first-order valence-electron chi connectivity index (χ1n) is 3.43. The molecule has 3 nitrogen and oxygen atoms in total. The van der Waals surface area contributed by atoms with E-state index >= 15 is 0 Å². The molecular formula is C8H6N2OS. The Morgan fingerprint density at radius 2 is 1.50 bits per heavy atom. The lowest BCUT2D eigenvalue weighted by Gasteiger charge is -1.94. The minimum absolute atomic E-state index is 0.764. The molecule has 0 fully saturated rings. The molecule has 0 aromatic heterocycles. The molecule has 0 unspecified atom stereocenters. The second-order valence-electron chi connectivity index (χ2n) is 2.29. The van der Waals surface area contributed by atoms with Gasteiger partial charge in [0.15, 0.2) is 0 Å². The average Bonchev–Trinajstić information content (AvgIpc) is 2.29. The molecule has 0 radical (unpaired) electrons. The first-order valence-corrected chi connectivity index (χ1v) is 4.71. The van der Waals surface area contributed by atoms with E-state index in [0.717, 1.165) is 11.4 Å². The summed E-state index contributed by atoms with van der Waals surface area (Å²) in [6.45, 7) is 0. The molecule has 0 saturated heterocycles. The van der Waals surface area contributed by atoms with Gasteiger partial charge in [-0.1, -0.05) is 12.1 Å². The molecule has 0 atom stereocenters. The number of benzene rings is 1. The zero-order chi connectivity index (χ0) is 8.39. The SMILES string of the molecule is O=S1C=Nc2ccccc2N=C1. The van der Waals surface area contributed by atoms with E-state index in [1.807, 2.05) is 24.3 Å². The summed E-state index contributed by atoms with van der Waals surface area (Å²) in [7, 11) is -1.17. The Bertz CT molecular complexity index is 349. The maximum atomic E-state index is 11.0. The van der Waals surface area contributed by atoms with Crippen LogP contribution < -0.4 is 0 Å². The van der Waals surface area contributed by atoms with E-state index in [2.05, 4.69) is 9.98 Å². The van der Waals surface area contributed by atoms with Gasteiger partial charge in [-0.25, -0.2) is 14.2 Å². The normalized spacial score (nSPS) is 15.7. The summed E-state index contributed by atoms with van der Waals surface area (Å²) in [5.41, 5.74) is 4.30. The largest absolute Gasteiger partial charge is 0.247 e. The Hall–Kier alpha value is -1.29. The number of para-hydroxylation sites is 2. The molecule has 1 aliphatic rings. The minimum atomic E-state index is -1.17. The van der Waals surface area contributed by atoms with Crippen LogP contribution in [0, 0.1) is 0 Å². The van der Waals surface area contributed by atoms with E-state index in [9.17, 15) is 4.21 Å². The molecule has 0 spiro atoms. The molecule has 0 amide bonds. The maximum absolute atomic E-state index is 11.0. The molecule has 4 heteroatoms. The molecule has 1 aliphatic heterocycles. The van der Waals surface area contributed by atoms with Crippen molar-refractivity contribution in [3.8, 4) is 0 Å². The zero-order valence-electron chi connectivity index (χ0n) is 6.18. The van der Waals surface area contributed by atoms with Crippen LogP contribution in [0.15, 0.2) is 34.3 Å². The third kappa shape index (κ3) is 1.33. The average molecular weight is 178 g/mol. The van der Waals surface area contributed by atoms with Crippen LogP contribution in [0.25, 0.3) is 0 Å². The first-order chi connectivity index (χ1) is 5.86. The zero-order valence-corrected chi connectivity index (χ0v) is 6.99. The van der Waals surface area contributed by atoms with Gasteiger partial charge in [-0.05, 0) is 12.1 Å². The monoisotopic (exact) mass is 178 g/mol.